The van der Waals surface area contributed by atoms with Gasteiger partial charge in [-0.15, -0.1) is 24.0 Å². The van der Waals surface area contributed by atoms with Crippen molar-refractivity contribution in [2.45, 2.75) is 31.7 Å². The maximum atomic E-state index is 11.8. The number of nitrogens with zero attached hydrogens (tertiary/aromatic N) is 1. The summed E-state index contributed by atoms with van der Waals surface area (Å²) in [5, 5.41) is 6.39. The zero-order valence-electron chi connectivity index (χ0n) is 15.9. The van der Waals surface area contributed by atoms with Crippen LogP contribution in [0.25, 0.3) is 0 Å². The van der Waals surface area contributed by atoms with Crippen molar-refractivity contribution in [1.82, 2.24) is 15.4 Å². The first-order valence-corrected chi connectivity index (χ1v) is 9.92. The van der Waals surface area contributed by atoms with Crippen LogP contribution in [0, 0.1) is 5.92 Å². The molecule has 26 heavy (non-hydrogen) atoms. The number of halogens is 1. The van der Waals surface area contributed by atoms with Crippen LogP contribution < -0.4 is 15.4 Å². The number of nitrogens with one attached hydrogen (secondary N) is 3. The molecule has 0 radical (unpaired) electrons. The summed E-state index contributed by atoms with van der Waals surface area (Å²) in [6.07, 6.45) is 0.892. The minimum Gasteiger partial charge on any atom is -0.381 e. The van der Waals surface area contributed by atoms with Crippen molar-refractivity contribution in [1.29, 1.82) is 0 Å². The van der Waals surface area contributed by atoms with Gasteiger partial charge in [-0.2, -0.15) is 0 Å². The zero-order valence-corrected chi connectivity index (χ0v) is 19.1. The average molecular weight is 498 g/mol. The molecule has 1 aromatic rings. The van der Waals surface area contributed by atoms with Crippen LogP contribution in [0.2, 0.25) is 0 Å². The lowest BCUT2D eigenvalue weighted by Crippen LogP contribution is -2.37. The molecule has 0 aliphatic heterocycles. The number of rotatable bonds is 10. The molecule has 0 saturated heterocycles. The van der Waals surface area contributed by atoms with E-state index in [4.69, 9.17) is 4.74 Å². The van der Waals surface area contributed by atoms with Gasteiger partial charge in [0.15, 0.2) is 5.96 Å². The Kier molecular flexibility index (Phi) is 12.8. The fourth-order valence-corrected chi connectivity index (χ4v) is 2.85. The molecule has 0 aromatic heterocycles. The Morgan fingerprint density at radius 3 is 2.62 bits per heavy atom. The quantitative estimate of drug-likeness (QED) is 0.199. The highest BCUT2D eigenvalue weighted by Crippen LogP contribution is 2.10. The van der Waals surface area contributed by atoms with E-state index in [2.05, 4.69) is 34.2 Å². The van der Waals surface area contributed by atoms with Gasteiger partial charge >= 0.3 is 0 Å². The molecular formula is C17H31IN4O3S. The van der Waals surface area contributed by atoms with E-state index in [-0.39, 0.29) is 28.9 Å². The molecule has 1 aromatic carbocycles. The van der Waals surface area contributed by atoms with Gasteiger partial charge in [0.1, 0.15) is 0 Å². The lowest BCUT2D eigenvalue weighted by atomic mass is 10.2. The Hall–Kier alpha value is -0.910. The lowest BCUT2D eigenvalue weighted by Gasteiger charge is -2.13. The first-order valence-electron chi connectivity index (χ1n) is 8.43. The Morgan fingerprint density at radius 1 is 1.27 bits per heavy atom. The Labute approximate surface area is 174 Å². The number of guanidine groups is 1. The van der Waals surface area contributed by atoms with Crippen LogP contribution in [0.5, 0.6) is 0 Å². The molecular weight excluding hydrogens is 467 g/mol. The second-order valence-corrected chi connectivity index (χ2v) is 7.92. The molecule has 0 aliphatic rings. The summed E-state index contributed by atoms with van der Waals surface area (Å²) in [6, 6.07) is 6.81. The van der Waals surface area contributed by atoms with E-state index in [1.54, 1.807) is 25.2 Å². The molecule has 9 heteroatoms. The number of ether oxygens (including phenoxy) is 1. The van der Waals surface area contributed by atoms with Crippen molar-refractivity contribution in [3.05, 3.63) is 29.8 Å². The van der Waals surface area contributed by atoms with Crippen molar-refractivity contribution in [2.75, 3.05) is 33.9 Å². The molecule has 0 bridgehead atoms. The van der Waals surface area contributed by atoms with E-state index in [9.17, 15) is 8.42 Å². The van der Waals surface area contributed by atoms with Crippen LogP contribution in [0.1, 0.15) is 25.8 Å². The Bertz CT molecular complexity index is 651. The van der Waals surface area contributed by atoms with E-state index in [1.165, 1.54) is 7.05 Å². The number of benzene rings is 1. The van der Waals surface area contributed by atoms with E-state index in [0.29, 0.717) is 25.0 Å². The third kappa shape index (κ3) is 9.70. The maximum absolute atomic E-state index is 11.8. The van der Waals surface area contributed by atoms with E-state index >= 15 is 0 Å². The van der Waals surface area contributed by atoms with Crippen LogP contribution in [0.4, 0.5) is 0 Å². The first kappa shape index (κ1) is 25.1. The van der Waals surface area contributed by atoms with Gasteiger partial charge < -0.3 is 15.4 Å². The third-order valence-electron chi connectivity index (χ3n) is 3.37. The van der Waals surface area contributed by atoms with Gasteiger partial charge in [0.25, 0.3) is 0 Å². The van der Waals surface area contributed by atoms with Crippen LogP contribution in [-0.4, -0.2) is 48.2 Å². The predicted molar refractivity (Wildman–Crippen MR) is 117 cm³/mol. The number of hydrogen-bond donors (Lipinski definition) is 3. The molecule has 0 unspecified atom stereocenters. The highest BCUT2D eigenvalue weighted by atomic mass is 127. The van der Waals surface area contributed by atoms with Gasteiger partial charge in [-0.25, -0.2) is 13.1 Å². The van der Waals surface area contributed by atoms with Crippen molar-refractivity contribution in [3.63, 3.8) is 0 Å². The number of aliphatic imine (C=N–C) groups is 1. The summed E-state index contributed by atoms with van der Waals surface area (Å²) in [6.45, 7) is 6.98. The van der Waals surface area contributed by atoms with Crippen molar-refractivity contribution < 1.29 is 13.2 Å². The second kappa shape index (κ2) is 13.3. The minimum atomic E-state index is -3.43. The molecule has 0 saturated carbocycles. The van der Waals surface area contributed by atoms with Crippen LogP contribution in [-0.2, 0) is 21.3 Å². The molecule has 0 fully saturated rings. The maximum Gasteiger partial charge on any atom is 0.240 e. The van der Waals surface area contributed by atoms with Gasteiger partial charge in [-0.05, 0) is 37.1 Å². The highest BCUT2D eigenvalue weighted by Gasteiger charge is 2.11. The third-order valence-corrected chi connectivity index (χ3v) is 4.78. The number of hydrogen-bond acceptors (Lipinski definition) is 4. The van der Waals surface area contributed by atoms with Gasteiger partial charge in [-0.3, -0.25) is 4.99 Å². The monoisotopic (exact) mass is 498 g/mol. The molecule has 0 aliphatic carbocycles. The summed E-state index contributed by atoms with van der Waals surface area (Å²) in [5.41, 5.74) is 0.861. The van der Waals surface area contributed by atoms with Crippen molar-refractivity contribution in [3.8, 4) is 0 Å². The zero-order chi connectivity index (χ0) is 18.7. The van der Waals surface area contributed by atoms with Crippen molar-refractivity contribution in [2.24, 2.45) is 10.9 Å². The average Bonchev–Trinajstić information content (AvgIpc) is 2.60. The van der Waals surface area contributed by atoms with Gasteiger partial charge in [0.05, 0.1) is 4.90 Å². The summed E-state index contributed by atoms with van der Waals surface area (Å²) in [7, 11) is -0.331. The Morgan fingerprint density at radius 2 is 2.00 bits per heavy atom. The highest BCUT2D eigenvalue weighted by molar-refractivity contribution is 14.0. The van der Waals surface area contributed by atoms with Crippen molar-refractivity contribution >= 4 is 40.0 Å². The fourth-order valence-electron chi connectivity index (χ4n) is 2.05. The second-order valence-electron chi connectivity index (χ2n) is 6.03. The van der Waals surface area contributed by atoms with Crippen LogP contribution in [0.15, 0.2) is 34.2 Å². The molecule has 0 heterocycles. The molecule has 150 valence electrons. The smallest absolute Gasteiger partial charge is 0.240 e. The van der Waals surface area contributed by atoms with Gasteiger partial charge in [0.2, 0.25) is 10.0 Å². The van der Waals surface area contributed by atoms with E-state index in [1.807, 2.05) is 6.07 Å². The lowest BCUT2D eigenvalue weighted by molar-refractivity contribution is 0.108. The van der Waals surface area contributed by atoms with Gasteiger partial charge in [-0.1, -0.05) is 26.0 Å². The summed E-state index contributed by atoms with van der Waals surface area (Å²) >= 11 is 0. The predicted octanol–water partition coefficient (Wildman–Crippen LogP) is 1.94. The molecule has 7 nitrogen and oxygen atoms in total. The van der Waals surface area contributed by atoms with Crippen LogP contribution >= 0.6 is 24.0 Å². The first-order chi connectivity index (χ1) is 11.9. The summed E-state index contributed by atoms with van der Waals surface area (Å²) < 4.78 is 31.5. The molecule has 0 spiro atoms. The number of sulfonamides is 1. The molecule has 1 rings (SSSR count). The SMILES string of the molecule is CN=C(NCCCOCC(C)C)NCc1cccc(S(=O)(=O)NC)c1.I. The normalized spacial score (nSPS) is 12.0. The topological polar surface area (TPSA) is 91.8 Å². The standard InChI is InChI=1S/C17H30N4O3S.HI/c1-14(2)13-24-10-6-9-20-17(18-3)21-12-15-7-5-8-16(11-15)25(22,23)19-4;/h5,7-8,11,14,19H,6,9-10,12-13H2,1-4H3,(H2,18,20,21);1H. The molecule has 0 amide bonds. The molecule has 0 atom stereocenters. The van der Waals surface area contributed by atoms with Crippen LogP contribution in [0.3, 0.4) is 0 Å². The van der Waals surface area contributed by atoms with Gasteiger partial charge in [0, 0.05) is 33.4 Å². The largest absolute Gasteiger partial charge is 0.381 e. The summed E-state index contributed by atoms with van der Waals surface area (Å²) in [5.74, 6) is 1.22. The summed E-state index contributed by atoms with van der Waals surface area (Å²) in [4.78, 5) is 4.41. The molecule has 3 N–H and O–H groups in total. The minimum absolute atomic E-state index is 0. The van der Waals surface area contributed by atoms with E-state index in [0.717, 1.165) is 25.1 Å². The fraction of sp³-hybridized carbons (Fsp3) is 0.588. The van der Waals surface area contributed by atoms with E-state index < -0.39 is 10.0 Å². The Balaban J connectivity index is 0.00000625.